The molecule has 0 fully saturated rings. The lowest BCUT2D eigenvalue weighted by Gasteiger charge is -2.10. The molecule has 106 valence electrons. The summed E-state index contributed by atoms with van der Waals surface area (Å²) in [5, 5.41) is 4.12. The normalized spacial score (nSPS) is 10.6. The Hall–Kier alpha value is -2.26. The van der Waals surface area contributed by atoms with Crippen molar-refractivity contribution in [3.05, 3.63) is 77.3 Å². The molecule has 3 nitrogen and oxygen atoms in total. The number of hydrogen-bond donors (Lipinski definition) is 1. The Morgan fingerprint density at radius 2 is 1.95 bits per heavy atom. The second-order valence-corrected chi connectivity index (χ2v) is 5.38. The molecular weight excluding hydrogens is 282 g/mol. The van der Waals surface area contributed by atoms with Crippen LogP contribution in [0.4, 0.5) is 5.69 Å². The van der Waals surface area contributed by atoms with Gasteiger partial charge in [-0.05, 0) is 42.3 Å². The third-order valence-corrected chi connectivity index (χ3v) is 3.67. The molecule has 21 heavy (non-hydrogen) atoms. The molecule has 0 unspecified atom stereocenters. The van der Waals surface area contributed by atoms with E-state index in [9.17, 15) is 0 Å². The third kappa shape index (κ3) is 3.26. The fourth-order valence-corrected chi connectivity index (χ4v) is 2.35. The molecule has 0 aliphatic carbocycles. The number of benzene rings is 2. The number of hydrogen-bond acceptors (Lipinski definition) is 2. The highest BCUT2D eigenvalue weighted by molar-refractivity contribution is 6.33. The van der Waals surface area contributed by atoms with Crippen LogP contribution in [-0.4, -0.2) is 9.55 Å². The van der Waals surface area contributed by atoms with E-state index in [4.69, 9.17) is 11.6 Å². The van der Waals surface area contributed by atoms with E-state index in [1.54, 1.807) is 12.5 Å². The number of aryl methyl sites for hydroxylation is 1. The van der Waals surface area contributed by atoms with Crippen LogP contribution in [0.3, 0.4) is 0 Å². The zero-order chi connectivity index (χ0) is 14.7. The average molecular weight is 298 g/mol. The van der Waals surface area contributed by atoms with E-state index in [2.05, 4.69) is 47.6 Å². The minimum Gasteiger partial charge on any atom is -0.380 e. The van der Waals surface area contributed by atoms with Crippen LogP contribution < -0.4 is 5.32 Å². The quantitative estimate of drug-likeness (QED) is 0.771. The van der Waals surface area contributed by atoms with Crippen molar-refractivity contribution in [2.75, 3.05) is 5.32 Å². The van der Waals surface area contributed by atoms with E-state index >= 15 is 0 Å². The topological polar surface area (TPSA) is 29.9 Å². The van der Waals surface area contributed by atoms with Gasteiger partial charge in [-0.25, -0.2) is 4.98 Å². The molecule has 0 radical (unpaired) electrons. The minimum atomic E-state index is 0.743. The Balaban J connectivity index is 1.70. The maximum atomic E-state index is 6.18. The summed E-state index contributed by atoms with van der Waals surface area (Å²) in [6.45, 7) is 2.80. The molecule has 3 rings (SSSR count). The van der Waals surface area contributed by atoms with E-state index in [1.165, 1.54) is 11.1 Å². The Kier molecular flexibility index (Phi) is 3.93. The summed E-state index contributed by atoms with van der Waals surface area (Å²) >= 11 is 6.18. The molecule has 3 aromatic rings. The predicted molar refractivity (Wildman–Crippen MR) is 87.1 cm³/mol. The summed E-state index contributed by atoms with van der Waals surface area (Å²) in [5.41, 5.74) is 4.47. The molecule has 2 aromatic carbocycles. The van der Waals surface area contributed by atoms with Crippen molar-refractivity contribution in [1.82, 2.24) is 9.55 Å². The number of aromatic nitrogens is 2. The molecule has 0 atom stereocenters. The molecule has 0 aliphatic rings. The van der Waals surface area contributed by atoms with E-state index in [0.717, 1.165) is 22.9 Å². The second-order valence-electron chi connectivity index (χ2n) is 4.97. The van der Waals surface area contributed by atoms with Gasteiger partial charge in [0.25, 0.3) is 0 Å². The highest BCUT2D eigenvalue weighted by atomic mass is 35.5. The number of halogens is 1. The molecule has 0 spiro atoms. The van der Waals surface area contributed by atoms with Gasteiger partial charge >= 0.3 is 0 Å². The molecule has 0 bridgehead atoms. The maximum absolute atomic E-state index is 6.18. The first kappa shape index (κ1) is 13.7. The van der Waals surface area contributed by atoms with Gasteiger partial charge in [-0.1, -0.05) is 29.8 Å². The molecular formula is C17H16ClN3. The van der Waals surface area contributed by atoms with E-state index < -0.39 is 0 Å². The highest BCUT2D eigenvalue weighted by Crippen LogP contribution is 2.23. The van der Waals surface area contributed by atoms with Crippen molar-refractivity contribution >= 4 is 17.3 Å². The second kappa shape index (κ2) is 6.02. The molecule has 1 aromatic heterocycles. The summed E-state index contributed by atoms with van der Waals surface area (Å²) in [5.74, 6) is 0. The largest absolute Gasteiger partial charge is 0.380 e. The van der Waals surface area contributed by atoms with Crippen molar-refractivity contribution in [1.29, 1.82) is 0 Å². The first-order valence-corrected chi connectivity index (χ1v) is 7.17. The first-order chi connectivity index (χ1) is 10.2. The smallest absolute Gasteiger partial charge is 0.0991 e. The molecule has 1 N–H and O–H groups in total. The standard InChI is InChI=1S/C17H16ClN3/c1-13-2-7-16(18)17(10-13)20-11-14-3-5-15(6-4-14)21-9-8-19-12-21/h2-10,12,20H,11H2,1H3. The van der Waals surface area contributed by atoms with Gasteiger partial charge in [-0.2, -0.15) is 0 Å². The highest BCUT2D eigenvalue weighted by Gasteiger charge is 2.01. The third-order valence-electron chi connectivity index (χ3n) is 3.34. The fraction of sp³-hybridized carbons (Fsp3) is 0.118. The van der Waals surface area contributed by atoms with Crippen molar-refractivity contribution in [2.24, 2.45) is 0 Å². The van der Waals surface area contributed by atoms with Gasteiger partial charge in [0, 0.05) is 24.6 Å². The lowest BCUT2D eigenvalue weighted by molar-refractivity contribution is 1.05. The van der Waals surface area contributed by atoms with E-state index in [-0.39, 0.29) is 0 Å². The van der Waals surface area contributed by atoms with Crippen molar-refractivity contribution in [2.45, 2.75) is 13.5 Å². The van der Waals surface area contributed by atoms with Crippen LogP contribution in [0.15, 0.2) is 61.2 Å². The van der Waals surface area contributed by atoms with Crippen LogP contribution in [0.25, 0.3) is 5.69 Å². The Morgan fingerprint density at radius 1 is 1.14 bits per heavy atom. The monoisotopic (exact) mass is 297 g/mol. The number of nitrogens with one attached hydrogen (secondary N) is 1. The number of imidazole rings is 1. The summed E-state index contributed by atoms with van der Waals surface area (Å²) < 4.78 is 1.98. The zero-order valence-corrected chi connectivity index (χ0v) is 12.5. The average Bonchev–Trinajstić information content (AvgIpc) is 3.03. The Morgan fingerprint density at radius 3 is 2.67 bits per heavy atom. The van der Waals surface area contributed by atoms with E-state index in [0.29, 0.717) is 0 Å². The van der Waals surface area contributed by atoms with Crippen LogP contribution in [0.2, 0.25) is 5.02 Å². The van der Waals surface area contributed by atoms with Gasteiger partial charge in [0.2, 0.25) is 0 Å². The SMILES string of the molecule is Cc1ccc(Cl)c(NCc2ccc(-n3ccnc3)cc2)c1. The molecule has 4 heteroatoms. The van der Waals surface area contributed by atoms with E-state index in [1.807, 2.05) is 22.9 Å². The van der Waals surface area contributed by atoms with Gasteiger partial charge in [0.05, 0.1) is 17.0 Å². The van der Waals surface area contributed by atoms with Crippen LogP contribution >= 0.6 is 11.6 Å². The van der Waals surface area contributed by atoms with Gasteiger partial charge in [0.15, 0.2) is 0 Å². The van der Waals surface area contributed by atoms with Crippen LogP contribution in [0, 0.1) is 6.92 Å². The zero-order valence-electron chi connectivity index (χ0n) is 11.8. The molecule has 0 amide bonds. The molecule has 1 heterocycles. The first-order valence-electron chi connectivity index (χ1n) is 6.80. The number of anilines is 1. The minimum absolute atomic E-state index is 0.743. The lowest BCUT2D eigenvalue weighted by Crippen LogP contribution is -2.00. The lowest BCUT2D eigenvalue weighted by atomic mass is 10.2. The summed E-state index contributed by atoms with van der Waals surface area (Å²) in [4.78, 5) is 4.05. The van der Waals surface area contributed by atoms with Crippen molar-refractivity contribution in [3.8, 4) is 5.69 Å². The van der Waals surface area contributed by atoms with Crippen molar-refractivity contribution < 1.29 is 0 Å². The van der Waals surface area contributed by atoms with Gasteiger partial charge in [-0.3, -0.25) is 0 Å². The fourth-order valence-electron chi connectivity index (χ4n) is 2.17. The van der Waals surface area contributed by atoms with Gasteiger partial charge < -0.3 is 9.88 Å². The number of nitrogens with zero attached hydrogens (tertiary/aromatic N) is 2. The van der Waals surface area contributed by atoms with Crippen LogP contribution in [-0.2, 0) is 6.54 Å². The molecule has 0 saturated carbocycles. The Labute approximate surface area is 129 Å². The van der Waals surface area contributed by atoms with Crippen LogP contribution in [0.5, 0.6) is 0 Å². The Bertz CT molecular complexity index is 718. The van der Waals surface area contributed by atoms with Crippen molar-refractivity contribution in [3.63, 3.8) is 0 Å². The molecule has 0 aliphatic heterocycles. The molecule has 0 saturated heterocycles. The van der Waals surface area contributed by atoms with Gasteiger partial charge in [0.1, 0.15) is 0 Å². The predicted octanol–water partition coefficient (Wildman–Crippen LogP) is 4.45. The van der Waals surface area contributed by atoms with Crippen LogP contribution in [0.1, 0.15) is 11.1 Å². The summed E-state index contributed by atoms with van der Waals surface area (Å²) in [6.07, 6.45) is 5.49. The summed E-state index contributed by atoms with van der Waals surface area (Å²) in [7, 11) is 0. The summed E-state index contributed by atoms with van der Waals surface area (Å²) in [6, 6.07) is 14.3. The number of rotatable bonds is 4. The van der Waals surface area contributed by atoms with Gasteiger partial charge in [-0.15, -0.1) is 0 Å². The maximum Gasteiger partial charge on any atom is 0.0991 e.